The fourth-order valence-corrected chi connectivity index (χ4v) is 2.90. The zero-order valence-corrected chi connectivity index (χ0v) is 15.2. The molecule has 1 aromatic heterocycles. The molecule has 6 heteroatoms. The van der Waals surface area contributed by atoms with Crippen LogP contribution in [0.3, 0.4) is 0 Å². The van der Waals surface area contributed by atoms with Gasteiger partial charge in [-0.25, -0.2) is 9.66 Å². The second-order valence-electron chi connectivity index (χ2n) is 6.29. The van der Waals surface area contributed by atoms with Gasteiger partial charge in [-0.3, -0.25) is 15.0 Å². The molecule has 6 nitrogen and oxygen atoms in total. The Morgan fingerprint density at radius 3 is 2.50 bits per heavy atom. The van der Waals surface area contributed by atoms with E-state index in [9.17, 15) is 9.59 Å². The van der Waals surface area contributed by atoms with Crippen molar-refractivity contribution in [2.45, 2.75) is 19.8 Å². The maximum atomic E-state index is 13.0. The SMILES string of the molecule is CCc1nc2c(N(C)C)cccc2c(=O)n1NC(=O)Cc1ccccc1. The molecule has 0 saturated heterocycles. The van der Waals surface area contributed by atoms with Crippen LogP contribution in [0.4, 0.5) is 5.69 Å². The van der Waals surface area contributed by atoms with E-state index >= 15 is 0 Å². The highest BCUT2D eigenvalue weighted by Gasteiger charge is 2.15. The van der Waals surface area contributed by atoms with Crippen LogP contribution in [0.15, 0.2) is 53.3 Å². The number of hydrogen-bond acceptors (Lipinski definition) is 4. The van der Waals surface area contributed by atoms with Crippen LogP contribution in [-0.2, 0) is 17.6 Å². The second kappa shape index (κ2) is 7.39. The molecule has 0 bridgehead atoms. The van der Waals surface area contributed by atoms with Gasteiger partial charge in [-0.05, 0) is 17.7 Å². The van der Waals surface area contributed by atoms with Crippen LogP contribution in [0.5, 0.6) is 0 Å². The van der Waals surface area contributed by atoms with Crippen molar-refractivity contribution in [1.29, 1.82) is 0 Å². The van der Waals surface area contributed by atoms with Crippen molar-refractivity contribution in [1.82, 2.24) is 9.66 Å². The predicted molar refractivity (Wildman–Crippen MR) is 104 cm³/mol. The first-order chi connectivity index (χ1) is 12.5. The summed E-state index contributed by atoms with van der Waals surface area (Å²) in [4.78, 5) is 31.9. The summed E-state index contributed by atoms with van der Waals surface area (Å²) in [5.41, 5.74) is 4.85. The largest absolute Gasteiger partial charge is 0.376 e. The Morgan fingerprint density at radius 1 is 1.12 bits per heavy atom. The lowest BCUT2D eigenvalue weighted by Crippen LogP contribution is -2.37. The van der Waals surface area contributed by atoms with Gasteiger partial charge in [-0.1, -0.05) is 43.3 Å². The summed E-state index contributed by atoms with van der Waals surface area (Å²) in [6.07, 6.45) is 0.727. The van der Waals surface area contributed by atoms with Crippen LogP contribution in [0.1, 0.15) is 18.3 Å². The topological polar surface area (TPSA) is 67.2 Å². The summed E-state index contributed by atoms with van der Waals surface area (Å²) >= 11 is 0. The van der Waals surface area contributed by atoms with E-state index in [1.54, 1.807) is 6.07 Å². The van der Waals surface area contributed by atoms with E-state index in [-0.39, 0.29) is 17.9 Å². The summed E-state index contributed by atoms with van der Waals surface area (Å²) in [5, 5.41) is 0.480. The fraction of sp³-hybridized carbons (Fsp3) is 0.250. The number of rotatable bonds is 5. The Morgan fingerprint density at radius 2 is 1.85 bits per heavy atom. The number of aryl methyl sites for hydroxylation is 1. The number of amides is 1. The van der Waals surface area contributed by atoms with Gasteiger partial charge in [0.25, 0.3) is 5.56 Å². The van der Waals surface area contributed by atoms with Crippen molar-refractivity contribution in [3.8, 4) is 0 Å². The first-order valence-corrected chi connectivity index (χ1v) is 8.57. The van der Waals surface area contributed by atoms with Gasteiger partial charge in [0, 0.05) is 20.5 Å². The molecule has 0 unspecified atom stereocenters. The second-order valence-corrected chi connectivity index (χ2v) is 6.29. The third-order valence-electron chi connectivity index (χ3n) is 4.19. The monoisotopic (exact) mass is 350 g/mol. The third-order valence-corrected chi connectivity index (χ3v) is 4.19. The van der Waals surface area contributed by atoms with E-state index in [1.807, 2.05) is 68.4 Å². The third kappa shape index (κ3) is 3.44. The molecule has 2 aromatic carbocycles. The van der Waals surface area contributed by atoms with Crippen molar-refractivity contribution in [3.63, 3.8) is 0 Å². The molecule has 1 N–H and O–H groups in total. The van der Waals surface area contributed by atoms with Gasteiger partial charge in [0.2, 0.25) is 5.91 Å². The number of anilines is 1. The minimum Gasteiger partial charge on any atom is -0.376 e. The number of aromatic nitrogens is 2. The molecule has 134 valence electrons. The van der Waals surface area contributed by atoms with Crippen molar-refractivity contribution in [3.05, 3.63) is 70.3 Å². The molecule has 0 aliphatic carbocycles. The maximum absolute atomic E-state index is 13.0. The van der Waals surface area contributed by atoms with Crippen molar-refractivity contribution < 1.29 is 4.79 Å². The van der Waals surface area contributed by atoms with Gasteiger partial charge in [-0.15, -0.1) is 0 Å². The summed E-state index contributed by atoms with van der Waals surface area (Å²) < 4.78 is 1.27. The molecule has 0 atom stereocenters. The smallest absolute Gasteiger partial charge is 0.280 e. The lowest BCUT2D eigenvalue weighted by molar-refractivity contribution is -0.116. The average Bonchev–Trinajstić information content (AvgIpc) is 2.64. The van der Waals surface area contributed by atoms with Crippen molar-refractivity contribution in [2.75, 3.05) is 24.4 Å². The van der Waals surface area contributed by atoms with Gasteiger partial charge in [0.15, 0.2) is 0 Å². The van der Waals surface area contributed by atoms with E-state index < -0.39 is 0 Å². The standard InChI is InChI=1S/C20H22N4O2/c1-4-17-21-19-15(11-8-12-16(19)23(2)3)20(26)24(17)22-18(25)13-14-9-6-5-7-10-14/h5-12H,4,13H2,1-3H3,(H,22,25). The van der Waals surface area contributed by atoms with Gasteiger partial charge in [0.05, 0.1) is 17.5 Å². The van der Waals surface area contributed by atoms with E-state index in [4.69, 9.17) is 0 Å². The van der Waals surface area contributed by atoms with E-state index in [2.05, 4.69) is 10.4 Å². The fourth-order valence-electron chi connectivity index (χ4n) is 2.90. The molecule has 0 saturated carbocycles. The number of hydrogen-bond donors (Lipinski definition) is 1. The highest BCUT2D eigenvalue weighted by atomic mass is 16.2. The number of carbonyl (C=O) groups excluding carboxylic acids is 1. The van der Waals surface area contributed by atoms with Crippen LogP contribution in [-0.4, -0.2) is 29.7 Å². The van der Waals surface area contributed by atoms with E-state index in [0.717, 1.165) is 11.3 Å². The number of para-hydroxylation sites is 1. The number of fused-ring (bicyclic) bond motifs is 1. The average molecular weight is 350 g/mol. The molecule has 26 heavy (non-hydrogen) atoms. The predicted octanol–water partition coefficient (Wildman–Crippen LogP) is 2.34. The molecule has 3 aromatic rings. The highest BCUT2D eigenvalue weighted by Crippen LogP contribution is 2.21. The Labute approximate surface area is 152 Å². The lowest BCUT2D eigenvalue weighted by atomic mass is 10.1. The first kappa shape index (κ1) is 17.7. The van der Waals surface area contributed by atoms with Crippen molar-refractivity contribution in [2.24, 2.45) is 0 Å². The molecule has 1 heterocycles. The Balaban J connectivity index is 2.01. The number of benzene rings is 2. The first-order valence-electron chi connectivity index (χ1n) is 8.57. The highest BCUT2D eigenvalue weighted by molar-refractivity contribution is 5.91. The van der Waals surface area contributed by atoms with Gasteiger partial charge >= 0.3 is 0 Å². The molecule has 0 fully saturated rings. The zero-order chi connectivity index (χ0) is 18.7. The van der Waals surface area contributed by atoms with Crippen LogP contribution in [0.2, 0.25) is 0 Å². The molecule has 0 spiro atoms. The molecule has 0 radical (unpaired) electrons. The van der Waals surface area contributed by atoms with Gasteiger partial charge in [-0.2, -0.15) is 0 Å². The number of nitrogens with zero attached hydrogens (tertiary/aromatic N) is 3. The van der Waals surface area contributed by atoms with Crippen LogP contribution in [0, 0.1) is 0 Å². The number of nitrogens with one attached hydrogen (secondary N) is 1. The summed E-state index contributed by atoms with van der Waals surface area (Å²) in [7, 11) is 3.82. The van der Waals surface area contributed by atoms with Crippen LogP contribution >= 0.6 is 0 Å². The Kier molecular flexibility index (Phi) is 5.02. The van der Waals surface area contributed by atoms with E-state index in [1.165, 1.54) is 4.68 Å². The molecule has 3 rings (SSSR count). The molecule has 0 aliphatic heterocycles. The Hall–Kier alpha value is -3.15. The maximum Gasteiger partial charge on any atom is 0.280 e. The summed E-state index contributed by atoms with van der Waals surface area (Å²) in [6.45, 7) is 1.91. The lowest BCUT2D eigenvalue weighted by Gasteiger charge is -2.18. The minimum atomic E-state index is -0.267. The molecule has 1 amide bonds. The Bertz CT molecular complexity index is 994. The molecule has 0 aliphatic rings. The molecular formula is C20H22N4O2. The van der Waals surface area contributed by atoms with Crippen molar-refractivity contribution >= 4 is 22.5 Å². The molecular weight excluding hydrogens is 328 g/mol. The van der Waals surface area contributed by atoms with E-state index in [0.29, 0.717) is 23.1 Å². The van der Waals surface area contributed by atoms with Crippen LogP contribution in [0.25, 0.3) is 10.9 Å². The minimum absolute atomic E-state index is 0.201. The quantitative estimate of drug-likeness (QED) is 0.767. The number of carbonyl (C=O) groups is 1. The van der Waals surface area contributed by atoms with Crippen LogP contribution < -0.4 is 15.9 Å². The summed E-state index contributed by atoms with van der Waals surface area (Å²) in [5.74, 6) is 0.274. The zero-order valence-electron chi connectivity index (χ0n) is 15.2. The summed E-state index contributed by atoms with van der Waals surface area (Å²) in [6, 6.07) is 14.9. The van der Waals surface area contributed by atoms with Gasteiger partial charge < -0.3 is 4.90 Å². The normalized spacial score (nSPS) is 10.7. The van der Waals surface area contributed by atoms with Gasteiger partial charge in [0.1, 0.15) is 11.3 Å².